The van der Waals surface area contributed by atoms with Crippen molar-refractivity contribution < 1.29 is 22.1 Å². The first-order valence-electron chi connectivity index (χ1n) is 6.69. The van der Waals surface area contributed by atoms with Gasteiger partial charge in [-0.25, -0.2) is 8.78 Å². The fourth-order valence-corrected chi connectivity index (χ4v) is 2.55. The van der Waals surface area contributed by atoms with Crippen LogP contribution in [0.5, 0.6) is 0 Å². The van der Waals surface area contributed by atoms with Gasteiger partial charge < -0.3 is 13.3 Å². The van der Waals surface area contributed by atoms with E-state index in [1.54, 1.807) is 20.3 Å². The van der Waals surface area contributed by atoms with Crippen molar-refractivity contribution in [2.45, 2.75) is 32.1 Å². The van der Waals surface area contributed by atoms with Crippen molar-refractivity contribution in [2.75, 3.05) is 20.8 Å². The van der Waals surface area contributed by atoms with Gasteiger partial charge >= 0.3 is 9.53 Å². The molecular weight excluding hydrogens is 282 g/mol. The van der Waals surface area contributed by atoms with E-state index in [2.05, 4.69) is 0 Å². The summed E-state index contributed by atoms with van der Waals surface area (Å²) in [6.07, 6.45) is 4.73. The molecule has 0 bridgehead atoms. The molecule has 20 heavy (non-hydrogen) atoms. The molecule has 0 aliphatic carbocycles. The molecular formula is C14H21F2O3Si. The Morgan fingerprint density at radius 3 is 2.30 bits per heavy atom. The van der Waals surface area contributed by atoms with Crippen LogP contribution in [0.1, 0.15) is 31.2 Å². The first-order valence-corrected chi connectivity index (χ1v) is 7.91. The van der Waals surface area contributed by atoms with Gasteiger partial charge in [0.15, 0.2) is 11.6 Å². The van der Waals surface area contributed by atoms with Gasteiger partial charge in [0.1, 0.15) is 0 Å². The van der Waals surface area contributed by atoms with Crippen molar-refractivity contribution in [1.82, 2.24) is 0 Å². The maximum absolute atomic E-state index is 13.0. The molecule has 0 atom stereocenters. The van der Waals surface area contributed by atoms with Crippen LogP contribution in [-0.4, -0.2) is 30.4 Å². The zero-order valence-corrected chi connectivity index (χ0v) is 13.0. The summed E-state index contributed by atoms with van der Waals surface area (Å²) >= 11 is 0. The molecule has 0 N–H and O–H groups in total. The van der Waals surface area contributed by atoms with E-state index in [0.717, 1.165) is 37.7 Å². The zero-order valence-electron chi connectivity index (χ0n) is 12.0. The molecule has 6 heteroatoms. The van der Waals surface area contributed by atoms with Gasteiger partial charge in [0, 0.05) is 20.8 Å². The van der Waals surface area contributed by atoms with Crippen molar-refractivity contribution in [3.05, 3.63) is 35.4 Å². The van der Waals surface area contributed by atoms with Crippen LogP contribution in [0.15, 0.2) is 18.2 Å². The summed E-state index contributed by atoms with van der Waals surface area (Å²) in [5.74, 6) is -1.57. The molecule has 1 rings (SSSR count). The van der Waals surface area contributed by atoms with Gasteiger partial charge in [-0.15, -0.1) is 0 Å². The molecule has 1 aromatic carbocycles. The zero-order chi connectivity index (χ0) is 14.8. The molecule has 3 nitrogen and oxygen atoms in total. The Hall–Kier alpha value is -0.823. The summed E-state index contributed by atoms with van der Waals surface area (Å²) < 4.78 is 41.1. The number of aryl methyl sites for hydroxylation is 1. The summed E-state index contributed by atoms with van der Waals surface area (Å²) in [6.45, 7) is 0.626. The molecule has 1 aromatic rings. The van der Waals surface area contributed by atoms with Crippen LogP contribution in [0.25, 0.3) is 0 Å². The molecule has 113 valence electrons. The summed E-state index contributed by atoms with van der Waals surface area (Å²) in [7, 11) is 1.59. The Morgan fingerprint density at radius 1 is 0.950 bits per heavy atom. The number of halogens is 2. The van der Waals surface area contributed by atoms with E-state index in [1.807, 2.05) is 0 Å². The molecule has 0 spiro atoms. The second-order valence-corrected chi connectivity index (χ2v) is 6.02. The molecule has 0 amide bonds. The highest BCUT2D eigenvalue weighted by Crippen LogP contribution is 2.12. The fraction of sp³-hybridized carbons (Fsp3) is 0.571. The van der Waals surface area contributed by atoms with Gasteiger partial charge in [0.05, 0.1) is 0 Å². The van der Waals surface area contributed by atoms with Crippen LogP contribution in [0.3, 0.4) is 0 Å². The summed E-state index contributed by atoms with van der Waals surface area (Å²) in [5, 5.41) is 0. The van der Waals surface area contributed by atoms with Crippen molar-refractivity contribution in [3.63, 3.8) is 0 Å². The maximum Gasteiger partial charge on any atom is 0.577 e. The average Bonchev–Trinajstić information content (AvgIpc) is 2.46. The molecule has 0 saturated heterocycles. The predicted octanol–water partition coefficient (Wildman–Crippen LogP) is 3.36. The normalized spacial score (nSPS) is 11.2. The lowest BCUT2D eigenvalue weighted by atomic mass is 10.1. The van der Waals surface area contributed by atoms with Gasteiger partial charge in [-0.1, -0.05) is 18.9 Å². The minimum Gasteiger partial charge on any atom is -0.375 e. The van der Waals surface area contributed by atoms with Crippen LogP contribution in [0.2, 0.25) is 0 Å². The smallest absolute Gasteiger partial charge is 0.375 e. The largest absolute Gasteiger partial charge is 0.577 e. The Kier molecular flexibility index (Phi) is 8.60. The Bertz CT molecular complexity index is 387. The highest BCUT2D eigenvalue weighted by molar-refractivity contribution is 6.36. The van der Waals surface area contributed by atoms with Crippen LogP contribution < -0.4 is 0 Å². The van der Waals surface area contributed by atoms with Crippen molar-refractivity contribution >= 4 is 9.53 Å². The lowest BCUT2D eigenvalue weighted by Gasteiger charge is -2.09. The van der Waals surface area contributed by atoms with Gasteiger partial charge in [-0.05, 0) is 37.0 Å². The lowest BCUT2D eigenvalue weighted by molar-refractivity contribution is 0.133. The number of unbranched alkanes of at least 4 members (excludes halogenated alkanes) is 3. The minimum absolute atomic E-state index is 0.626. The molecule has 0 aliphatic heterocycles. The van der Waals surface area contributed by atoms with E-state index in [-0.39, 0.29) is 0 Å². The van der Waals surface area contributed by atoms with Gasteiger partial charge in [-0.2, -0.15) is 0 Å². The molecule has 1 radical (unpaired) electrons. The third-order valence-electron chi connectivity index (χ3n) is 2.90. The van der Waals surface area contributed by atoms with E-state index in [4.69, 9.17) is 13.3 Å². The highest BCUT2D eigenvalue weighted by atomic mass is 28.3. The quantitative estimate of drug-likeness (QED) is 0.490. The number of hydrogen-bond acceptors (Lipinski definition) is 3. The second-order valence-electron chi connectivity index (χ2n) is 4.42. The maximum atomic E-state index is 13.0. The lowest BCUT2D eigenvalue weighted by Crippen LogP contribution is -2.24. The van der Waals surface area contributed by atoms with Crippen molar-refractivity contribution in [1.29, 1.82) is 0 Å². The fourth-order valence-electron chi connectivity index (χ4n) is 1.84. The Morgan fingerprint density at radius 2 is 1.65 bits per heavy atom. The third-order valence-corrected chi connectivity index (χ3v) is 4.00. The molecule has 0 unspecified atom stereocenters. The number of benzene rings is 1. The number of rotatable bonds is 10. The SMILES string of the molecule is CO[Si](OC)OCCCCCCc1ccc(F)c(F)c1. The van der Waals surface area contributed by atoms with Crippen LogP contribution in [0, 0.1) is 11.6 Å². The predicted molar refractivity (Wildman–Crippen MR) is 74.3 cm³/mol. The van der Waals surface area contributed by atoms with E-state index >= 15 is 0 Å². The van der Waals surface area contributed by atoms with E-state index in [0.29, 0.717) is 6.61 Å². The first-order chi connectivity index (χ1) is 9.67. The minimum atomic E-state index is -1.54. The van der Waals surface area contributed by atoms with Gasteiger partial charge in [0.2, 0.25) is 0 Å². The third kappa shape index (κ3) is 6.56. The van der Waals surface area contributed by atoms with Crippen molar-refractivity contribution in [2.24, 2.45) is 0 Å². The first kappa shape index (κ1) is 17.2. The molecule has 0 aromatic heterocycles. The van der Waals surface area contributed by atoms with Gasteiger partial charge in [0.25, 0.3) is 0 Å². The van der Waals surface area contributed by atoms with Gasteiger partial charge in [-0.3, -0.25) is 0 Å². The topological polar surface area (TPSA) is 27.7 Å². The molecule has 0 fully saturated rings. The monoisotopic (exact) mass is 303 g/mol. The van der Waals surface area contributed by atoms with Crippen LogP contribution in [0.4, 0.5) is 8.78 Å². The number of hydrogen-bond donors (Lipinski definition) is 0. The average molecular weight is 303 g/mol. The van der Waals surface area contributed by atoms with E-state index < -0.39 is 21.2 Å². The second kappa shape index (κ2) is 9.98. The van der Waals surface area contributed by atoms with Crippen LogP contribution >= 0.6 is 0 Å². The summed E-state index contributed by atoms with van der Waals surface area (Å²) in [5.41, 5.74) is 0.837. The molecule has 0 heterocycles. The summed E-state index contributed by atoms with van der Waals surface area (Å²) in [6, 6.07) is 4.08. The standard InChI is InChI=1S/C14H21F2O3Si/c1-17-20(18-2)19-10-6-4-3-5-7-12-8-9-13(15)14(16)11-12/h8-9,11H,3-7,10H2,1-2H3. The molecule has 0 saturated carbocycles. The van der Waals surface area contributed by atoms with E-state index in [1.165, 1.54) is 12.1 Å². The Balaban J connectivity index is 2.06. The highest BCUT2D eigenvalue weighted by Gasteiger charge is 2.13. The van der Waals surface area contributed by atoms with Crippen LogP contribution in [-0.2, 0) is 19.7 Å². The Labute approximate surface area is 120 Å². The van der Waals surface area contributed by atoms with Crippen molar-refractivity contribution in [3.8, 4) is 0 Å². The summed E-state index contributed by atoms with van der Waals surface area (Å²) in [4.78, 5) is 0. The van der Waals surface area contributed by atoms with E-state index in [9.17, 15) is 8.78 Å². The molecule has 0 aliphatic rings.